The lowest BCUT2D eigenvalue weighted by Gasteiger charge is -2.35. The van der Waals surface area contributed by atoms with Crippen molar-refractivity contribution in [2.45, 2.75) is 31.7 Å². The summed E-state index contributed by atoms with van der Waals surface area (Å²) in [6.45, 7) is 2.21. The van der Waals surface area contributed by atoms with Gasteiger partial charge in [0.1, 0.15) is 5.54 Å². The van der Waals surface area contributed by atoms with Crippen LogP contribution in [0.5, 0.6) is 0 Å². The second-order valence-corrected chi connectivity index (χ2v) is 7.76. The van der Waals surface area contributed by atoms with E-state index in [4.69, 9.17) is 5.73 Å². The molecule has 2 amide bonds. The Labute approximate surface area is 179 Å². The highest BCUT2D eigenvalue weighted by Crippen LogP contribution is 2.35. The molecule has 2 aromatic carbocycles. The number of hydrogen-bond acceptors (Lipinski definition) is 5. The van der Waals surface area contributed by atoms with E-state index < -0.39 is 11.4 Å². The second kappa shape index (κ2) is 8.14. The Bertz CT molecular complexity index is 1130. The number of likely N-dealkylation sites (tertiary alicyclic amines) is 1. The van der Waals surface area contributed by atoms with Crippen LogP contribution in [-0.2, 0) is 4.79 Å². The molecule has 1 fully saturated rings. The average molecular weight is 417 g/mol. The van der Waals surface area contributed by atoms with E-state index in [-0.39, 0.29) is 18.1 Å². The van der Waals surface area contributed by atoms with Crippen molar-refractivity contribution in [3.05, 3.63) is 77.6 Å². The molecule has 3 aromatic rings. The standard InChI is InChI=1S/C23H23N5O3/c1-16-8-9-19(28-25-11-12-26-28)18(14-16)21(30)27-13-5-10-23(27,22(24)31)15-20(29)17-6-3-2-4-7-17/h2-4,6-9,11-12,14H,5,10,13,15H2,1H3,(H2,24,31)/t23-/m0/s1. The van der Waals surface area contributed by atoms with Crippen molar-refractivity contribution in [2.75, 3.05) is 6.54 Å². The van der Waals surface area contributed by atoms with Crippen LogP contribution in [0, 0.1) is 6.92 Å². The topological polar surface area (TPSA) is 111 Å². The third kappa shape index (κ3) is 3.72. The highest BCUT2D eigenvalue weighted by Gasteiger charge is 2.50. The summed E-state index contributed by atoms with van der Waals surface area (Å²) in [6.07, 6.45) is 3.82. The Morgan fingerprint density at radius 2 is 1.77 bits per heavy atom. The van der Waals surface area contributed by atoms with Crippen molar-refractivity contribution in [1.29, 1.82) is 0 Å². The monoisotopic (exact) mass is 417 g/mol. The minimum atomic E-state index is -1.37. The van der Waals surface area contributed by atoms with Gasteiger partial charge in [0.2, 0.25) is 5.91 Å². The minimum Gasteiger partial charge on any atom is -0.368 e. The molecule has 2 N–H and O–H groups in total. The van der Waals surface area contributed by atoms with Gasteiger partial charge in [0.05, 0.1) is 23.6 Å². The zero-order chi connectivity index (χ0) is 22.0. The molecule has 0 aliphatic carbocycles. The summed E-state index contributed by atoms with van der Waals surface area (Å²) in [5.41, 5.74) is 6.66. The Balaban J connectivity index is 1.73. The number of aromatic nitrogens is 3. The predicted molar refractivity (Wildman–Crippen MR) is 114 cm³/mol. The van der Waals surface area contributed by atoms with Gasteiger partial charge in [-0.25, -0.2) is 0 Å². The largest absolute Gasteiger partial charge is 0.368 e. The Hall–Kier alpha value is -3.81. The first-order chi connectivity index (χ1) is 14.9. The summed E-state index contributed by atoms with van der Waals surface area (Å²) in [5.74, 6) is -1.26. The fourth-order valence-electron chi connectivity index (χ4n) is 4.17. The van der Waals surface area contributed by atoms with Crippen LogP contribution in [0.1, 0.15) is 45.5 Å². The number of carbonyl (C=O) groups is 3. The van der Waals surface area contributed by atoms with E-state index >= 15 is 0 Å². The molecular formula is C23H23N5O3. The van der Waals surface area contributed by atoms with Gasteiger partial charge in [-0.05, 0) is 31.9 Å². The maximum atomic E-state index is 13.7. The molecule has 0 unspecified atom stereocenters. The van der Waals surface area contributed by atoms with Crippen LogP contribution in [-0.4, -0.2) is 49.6 Å². The van der Waals surface area contributed by atoms with Crippen LogP contribution < -0.4 is 5.73 Å². The number of benzene rings is 2. The van der Waals surface area contributed by atoms with Crippen molar-refractivity contribution in [2.24, 2.45) is 5.73 Å². The van der Waals surface area contributed by atoms with Gasteiger partial charge in [0.25, 0.3) is 5.91 Å². The maximum absolute atomic E-state index is 13.7. The normalized spacial score (nSPS) is 18.2. The van der Waals surface area contributed by atoms with Gasteiger partial charge in [0.15, 0.2) is 5.78 Å². The van der Waals surface area contributed by atoms with E-state index in [9.17, 15) is 14.4 Å². The van der Waals surface area contributed by atoms with Crippen LogP contribution in [0.15, 0.2) is 60.9 Å². The number of primary amides is 1. The highest BCUT2D eigenvalue weighted by atomic mass is 16.2. The first-order valence-electron chi connectivity index (χ1n) is 10.1. The van der Waals surface area contributed by atoms with E-state index in [1.54, 1.807) is 36.4 Å². The molecule has 0 bridgehead atoms. The van der Waals surface area contributed by atoms with Crippen molar-refractivity contribution in [1.82, 2.24) is 19.9 Å². The molecule has 1 aliphatic heterocycles. The first kappa shape index (κ1) is 20.5. The van der Waals surface area contributed by atoms with Crippen LogP contribution in [0.25, 0.3) is 5.69 Å². The molecular weight excluding hydrogens is 394 g/mol. The number of amides is 2. The molecule has 31 heavy (non-hydrogen) atoms. The Morgan fingerprint density at radius 3 is 2.45 bits per heavy atom. The number of rotatable bonds is 6. The van der Waals surface area contributed by atoms with Crippen molar-refractivity contribution >= 4 is 17.6 Å². The summed E-state index contributed by atoms with van der Waals surface area (Å²) in [7, 11) is 0. The second-order valence-electron chi connectivity index (χ2n) is 7.76. The van der Waals surface area contributed by atoms with Crippen molar-refractivity contribution in [3.63, 3.8) is 0 Å². The number of aryl methyl sites for hydroxylation is 1. The van der Waals surface area contributed by atoms with Crippen LogP contribution >= 0.6 is 0 Å². The molecule has 2 heterocycles. The number of nitrogens with zero attached hydrogens (tertiary/aromatic N) is 4. The van der Waals surface area contributed by atoms with E-state index in [0.29, 0.717) is 36.2 Å². The Morgan fingerprint density at radius 1 is 1.06 bits per heavy atom. The quantitative estimate of drug-likeness (QED) is 0.619. The molecule has 0 radical (unpaired) electrons. The molecule has 1 aromatic heterocycles. The van der Waals surface area contributed by atoms with Gasteiger partial charge >= 0.3 is 0 Å². The lowest BCUT2D eigenvalue weighted by Crippen LogP contribution is -2.57. The predicted octanol–water partition coefficient (Wildman–Crippen LogP) is 2.31. The van der Waals surface area contributed by atoms with E-state index in [1.807, 2.05) is 19.1 Å². The molecule has 1 atom stereocenters. The summed E-state index contributed by atoms with van der Waals surface area (Å²) < 4.78 is 0. The number of ketones is 1. The molecule has 1 saturated heterocycles. The number of hydrogen-bond donors (Lipinski definition) is 1. The summed E-state index contributed by atoms with van der Waals surface area (Å²) in [5, 5.41) is 8.27. The van der Waals surface area contributed by atoms with Crippen LogP contribution in [0.3, 0.4) is 0 Å². The van der Waals surface area contributed by atoms with Crippen LogP contribution in [0.4, 0.5) is 0 Å². The number of carbonyl (C=O) groups excluding carboxylic acids is 3. The minimum absolute atomic E-state index is 0.154. The molecule has 1 aliphatic rings. The highest BCUT2D eigenvalue weighted by molar-refractivity contribution is 6.05. The Kier molecular flexibility index (Phi) is 5.37. The van der Waals surface area contributed by atoms with Crippen LogP contribution in [0.2, 0.25) is 0 Å². The third-order valence-electron chi connectivity index (χ3n) is 5.76. The lowest BCUT2D eigenvalue weighted by molar-refractivity contribution is -0.127. The maximum Gasteiger partial charge on any atom is 0.257 e. The number of nitrogens with two attached hydrogens (primary N) is 1. The van der Waals surface area contributed by atoms with Gasteiger partial charge in [-0.15, -0.1) is 0 Å². The molecule has 158 valence electrons. The van der Waals surface area contributed by atoms with Gasteiger partial charge in [-0.2, -0.15) is 15.0 Å². The number of Topliss-reactive ketones (excluding diaryl/α,β-unsaturated/α-hetero) is 1. The average Bonchev–Trinajstić information content (AvgIpc) is 3.45. The van der Waals surface area contributed by atoms with Gasteiger partial charge in [-0.1, -0.05) is 42.0 Å². The molecule has 8 heteroatoms. The summed E-state index contributed by atoms with van der Waals surface area (Å²) >= 11 is 0. The van der Waals surface area contributed by atoms with Gasteiger partial charge in [-0.3, -0.25) is 14.4 Å². The fourth-order valence-corrected chi connectivity index (χ4v) is 4.17. The van der Waals surface area contributed by atoms with E-state index in [2.05, 4.69) is 10.2 Å². The zero-order valence-corrected chi connectivity index (χ0v) is 17.2. The lowest BCUT2D eigenvalue weighted by atomic mass is 9.86. The van der Waals surface area contributed by atoms with Gasteiger partial charge in [0, 0.05) is 18.5 Å². The zero-order valence-electron chi connectivity index (χ0n) is 17.2. The third-order valence-corrected chi connectivity index (χ3v) is 5.76. The van der Waals surface area contributed by atoms with E-state index in [0.717, 1.165) is 5.56 Å². The molecule has 0 saturated carbocycles. The fraction of sp³-hybridized carbons (Fsp3) is 0.261. The molecule has 4 rings (SSSR count). The van der Waals surface area contributed by atoms with Gasteiger partial charge < -0.3 is 10.6 Å². The smallest absolute Gasteiger partial charge is 0.257 e. The first-order valence-corrected chi connectivity index (χ1v) is 10.1. The summed E-state index contributed by atoms with van der Waals surface area (Å²) in [4.78, 5) is 42.1. The SMILES string of the molecule is Cc1ccc(-n2nccn2)c(C(=O)N2CCC[C@]2(CC(=O)c2ccccc2)C(N)=O)c1. The van der Waals surface area contributed by atoms with Crippen molar-refractivity contribution < 1.29 is 14.4 Å². The van der Waals surface area contributed by atoms with Crippen molar-refractivity contribution in [3.8, 4) is 5.69 Å². The molecule has 8 nitrogen and oxygen atoms in total. The molecule has 0 spiro atoms. The summed E-state index contributed by atoms with van der Waals surface area (Å²) in [6, 6.07) is 14.1. The van der Waals surface area contributed by atoms with E-state index in [1.165, 1.54) is 22.1 Å².